The largest absolute Gasteiger partial charge is 0.490 e. The van der Waals surface area contributed by atoms with Gasteiger partial charge in [-0.1, -0.05) is 29.8 Å². The van der Waals surface area contributed by atoms with Crippen LogP contribution >= 0.6 is 27.5 Å². The first-order valence-electron chi connectivity index (χ1n) is 11.2. The van der Waals surface area contributed by atoms with E-state index in [0.717, 1.165) is 16.0 Å². The molecule has 7 nitrogen and oxygen atoms in total. The SMILES string of the molecule is CCOc1cc(/C=C2/C(=O)NC(=O)N(c3ccc(C)c(Cl)c3)C2=O)cc(Br)c1OCc1ccc(F)cc1. The molecule has 1 aliphatic rings. The fourth-order valence-corrected chi connectivity index (χ4v) is 4.34. The minimum Gasteiger partial charge on any atom is -0.490 e. The Bertz CT molecular complexity index is 1430. The van der Waals surface area contributed by atoms with Crippen molar-refractivity contribution in [3.8, 4) is 11.5 Å². The zero-order chi connectivity index (χ0) is 26.7. The molecule has 0 bridgehead atoms. The van der Waals surface area contributed by atoms with E-state index in [1.807, 2.05) is 0 Å². The number of carbonyl (C=O) groups excluding carboxylic acids is 3. The minimum atomic E-state index is -0.868. The van der Waals surface area contributed by atoms with Gasteiger partial charge in [0.05, 0.1) is 16.8 Å². The molecule has 10 heteroatoms. The quantitative estimate of drug-likeness (QED) is 0.263. The first kappa shape index (κ1) is 26.4. The van der Waals surface area contributed by atoms with Gasteiger partial charge in [0.15, 0.2) is 11.5 Å². The van der Waals surface area contributed by atoms with Crippen LogP contribution in [0, 0.1) is 12.7 Å². The van der Waals surface area contributed by atoms with Gasteiger partial charge in [0.2, 0.25) is 0 Å². The first-order chi connectivity index (χ1) is 17.7. The van der Waals surface area contributed by atoms with E-state index in [9.17, 15) is 18.8 Å². The summed E-state index contributed by atoms with van der Waals surface area (Å²) in [5, 5.41) is 2.57. The Morgan fingerprint density at radius 1 is 1.05 bits per heavy atom. The summed E-state index contributed by atoms with van der Waals surface area (Å²) in [5.41, 5.74) is 1.98. The lowest BCUT2D eigenvalue weighted by Gasteiger charge is -2.26. The number of barbiturate groups is 1. The Morgan fingerprint density at radius 3 is 2.46 bits per heavy atom. The van der Waals surface area contributed by atoms with Gasteiger partial charge in [-0.25, -0.2) is 14.1 Å². The second-order valence-electron chi connectivity index (χ2n) is 8.07. The Labute approximate surface area is 225 Å². The first-order valence-corrected chi connectivity index (χ1v) is 12.4. The van der Waals surface area contributed by atoms with Gasteiger partial charge in [0.1, 0.15) is 18.0 Å². The van der Waals surface area contributed by atoms with Crippen LogP contribution in [0.1, 0.15) is 23.6 Å². The van der Waals surface area contributed by atoms with Crippen LogP contribution in [0.4, 0.5) is 14.9 Å². The van der Waals surface area contributed by atoms with Gasteiger partial charge >= 0.3 is 6.03 Å². The van der Waals surface area contributed by atoms with Crippen LogP contribution in [0.25, 0.3) is 6.08 Å². The summed E-state index contributed by atoms with van der Waals surface area (Å²) in [5.74, 6) is -1.19. The Hall–Kier alpha value is -3.69. The highest BCUT2D eigenvalue weighted by molar-refractivity contribution is 9.10. The van der Waals surface area contributed by atoms with E-state index >= 15 is 0 Å². The Kier molecular flexibility index (Phi) is 7.94. The molecular formula is C27H21BrClFN2O5. The predicted octanol–water partition coefficient (Wildman–Crippen LogP) is 6.19. The number of ether oxygens (including phenoxy) is 2. The molecular weight excluding hydrogens is 567 g/mol. The van der Waals surface area contributed by atoms with E-state index in [1.165, 1.54) is 24.3 Å². The standard InChI is InChI=1S/C27H21BrClFN2O5/c1-3-36-23-12-17(11-21(28)24(23)37-14-16-5-7-18(30)8-6-16)10-20-25(33)31-27(35)32(26(20)34)19-9-4-15(2)22(29)13-19/h4-13H,3,14H2,1-2H3,(H,31,33,35)/b20-10-. The number of amides is 4. The molecule has 0 aromatic heterocycles. The maximum atomic E-state index is 13.2. The van der Waals surface area contributed by atoms with Gasteiger partial charge in [-0.05, 0) is 88.9 Å². The number of rotatable bonds is 7. The summed E-state index contributed by atoms with van der Waals surface area (Å²) >= 11 is 9.64. The zero-order valence-corrected chi connectivity index (χ0v) is 22.2. The highest BCUT2D eigenvalue weighted by Gasteiger charge is 2.37. The lowest BCUT2D eigenvalue weighted by Crippen LogP contribution is -2.54. The summed E-state index contributed by atoms with van der Waals surface area (Å²) in [6.07, 6.45) is 1.37. The maximum Gasteiger partial charge on any atom is 0.335 e. The van der Waals surface area contributed by atoms with Crippen LogP contribution in [0.5, 0.6) is 11.5 Å². The van der Waals surface area contributed by atoms with Crippen molar-refractivity contribution in [2.24, 2.45) is 0 Å². The van der Waals surface area contributed by atoms with E-state index in [4.69, 9.17) is 21.1 Å². The van der Waals surface area contributed by atoms with Crippen LogP contribution in [-0.4, -0.2) is 24.5 Å². The molecule has 4 rings (SSSR count). The number of benzene rings is 3. The van der Waals surface area contributed by atoms with Gasteiger partial charge in [-0.3, -0.25) is 14.9 Å². The molecule has 190 valence electrons. The molecule has 1 saturated heterocycles. The molecule has 1 fully saturated rings. The minimum absolute atomic E-state index is 0.163. The van der Waals surface area contributed by atoms with Gasteiger partial charge in [0, 0.05) is 5.02 Å². The van der Waals surface area contributed by atoms with Crippen LogP contribution in [0.3, 0.4) is 0 Å². The van der Waals surface area contributed by atoms with Crippen molar-refractivity contribution in [2.45, 2.75) is 20.5 Å². The van der Waals surface area contributed by atoms with E-state index in [1.54, 1.807) is 50.2 Å². The molecule has 0 atom stereocenters. The third-order valence-electron chi connectivity index (χ3n) is 5.45. The maximum absolute atomic E-state index is 13.2. The van der Waals surface area contributed by atoms with Gasteiger partial charge in [0.25, 0.3) is 11.8 Å². The molecule has 4 amide bonds. The topological polar surface area (TPSA) is 84.9 Å². The number of nitrogens with one attached hydrogen (secondary N) is 1. The fraction of sp³-hybridized carbons (Fsp3) is 0.148. The summed E-state index contributed by atoms with van der Waals surface area (Å²) in [4.78, 5) is 39.2. The van der Waals surface area contributed by atoms with E-state index in [2.05, 4.69) is 21.2 Å². The number of carbonyl (C=O) groups is 3. The lowest BCUT2D eigenvalue weighted by molar-refractivity contribution is -0.122. The van der Waals surface area contributed by atoms with Crippen LogP contribution in [0.15, 0.2) is 64.6 Å². The summed E-state index contributed by atoms with van der Waals surface area (Å²) in [7, 11) is 0. The molecule has 0 radical (unpaired) electrons. The van der Waals surface area contributed by atoms with E-state index < -0.39 is 17.8 Å². The fourth-order valence-electron chi connectivity index (χ4n) is 3.59. The number of anilines is 1. The van der Waals surface area contributed by atoms with Crippen LogP contribution < -0.4 is 19.7 Å². The van der Waals surface area contributed by atoms with Gasteiger partial charge in [-0.15, -0.1) is 0 Å². The number of hydrogen-bond acceptors (Lipinski definition) is 5. The molecule has 1 N–H and O–H groups in total. The average Bonchev–Trinajstić information content (AvgIpc) is 2.84. The zero-order valence-electron chi connectivity index (χ0n) is 19.8. The number of halogens is 3. The van der Waals surface area contributed by atoms with E-state index in [-0.39, 0.29) is 23.7 Å². The number of nitrogens with zero attached hydrogens (tertiary/aromatic N) is 1. The number of hydrogen-bond donors (Lipinski definition) is 1. The predicted molar refractivity (Wildman–Crippen MR) is 141 cm³/mol. The molecule has 1 heterocycles. The Morgan fingerprint density at radius 2 is 1.78 bits per heavy atom. The molecule has 3 aromatic carbocycles. The van der Waals surface area contributed by atoms with Crippen molar-refractivity contribution in [1.82, 2.24) is 5.32 Å². The van der Waals surface area contributed by atoms with Crippen molar-refractivity contribution in [3.05, 3.63) is 92.2 Å². The van der Waals surface area contributed by atoms with Crippen molar-refractivity contribution in [3.63, 3.8) is 0 Å². The summed E-state index contributed by atoms with van der Waals surface area (Å²) in [6, 6.07) is 13.1. The monoisotopic (exact) mass is 586 g/mol. The molecule has 37 heavy (non-hydrogen) atoms. The second-order valence-corrected chi connectivity index (χ2v) is 9.33. The normalized spacial score (nSPS) is 14.7. The molecule has 3 aromatic rings. The second kappa shape index (κ2) is 11.1. The highest BCUT2D eigenvalue weighted by Crippen LogP contribution is 2.38. The third kappa shape index (κ3) is 5.84. The molecule has 0 unspecified atom stereocenters. The molecule has 0 saturated carbocycles. The van der Waals surface area contributed by atoms with Crippen LogP contribution in [-0.2, 0) is 16.2 Å². The van der Waals surface area contributed by atoms with Gasteiger partial charge < -0.3 is 9.47 Å². The van der Waals surface area contributed by atoms with Crippen LogP contribution in [0.2, 0.25) is 5.02 Å². The molecule has 1 aliphatic heterocycles. The number of aryl methyl sites for hydroxylation is 1. The van der Waals surface area contributed by atoms with Crippen molar-refractivity contribution in [2.75, 3.05) is 11.5 Å². The smallest absolute Gasteiger partial charge is 0.335 e. The summed E-state index contributed by atoms with van der Waals surface area (Å²) in [6.45, 7) is 4.09. The van der Waals surface area contributed by atoms with Gasteiger partial charge in [-0.2, -0.15) is 0 Å². The van der Waals surface area contributed by atoms with Crippen molar-refractivity contribution < 1.29 is 28.2 Å². The average molecular weight is 588 g/mol. The Balaban J connectivity index is 1.66. The highest BCUT2D eigenvalue weighted by atomic mass is 79.9. The number of urea groups is 1. The number of imide groups is 2. The van der Waals surface area contributed by atoms with Crippen molar-refractivity contribution >= 4 is 57.1 Å². The molecule has 0 aliphatic carbocycles. The lowest BCUT2D eigenvalue weighted by atomic mass is 10.1. The summed E-state index contributed by atoms with van der Waals surface area (Å²) < 4.78 is 25.3. The van der Waals surface area contributed by atoms with E-state index in [0.29, 0.717) is 33.2 Å². The molecule has 0 spiro atoms. The van der Waals surface area contributed by atoms with Crippen molar-refractivity contribution in [1.29, 1.82) is 0 Å². The third-order valence-corrected chi connectivity index (χ3v) is 6.45.